The number of anilines is 2. The second-order valence-electron chi connectivity index (χ2n) is 6.35. The summed E-state index contributed by atoms with van der Waals surface area (Å²) in [6.07, 6.45) is 0.891. The van der Waals surface area contributed by atoms with E-state index in [4.69, 9.17) is 4.74 Å². The lowest BCUT2D eigenvalue weighted by Gasteiger charge is -2.14. The van der Waals surface area contributed by atoms with Crippen LogP contribution in [0.1, 0.15) is 29.3 Å². The van der Waals surface area contributed by atoms with Crippen LogP contribution in [0.4, 0.5) is 11.6 Å². The van der Waals surface area contributed by atoms with Crippen LogP contribution in [0.15, 0.2) is 34.8 Å². The Labute approximate surface area is 167 Å². The topological polar surface area (TPSA) is 68.2 Å². The number of aromatic nitrogens is 2. The number of imidazole rings is 1. The molecule has 27 heavy (non-hydrogen) atoms. The van der Waals surface area contributed by atoms with Gasteiger partial charge in [-0.3, -0.25) is 4.79 Å². The lowest BCUT2D eigenvalue weighted by atomic mass is 10.1. The number of aryl methyl sites for hydroxylation is 2. The first-order chi connectivity index (χ1) is 13.0. The summed E-state index contributed by atoms with van der Waals surface area (Å²) in [5.41, 5.74) is 4.04. The molecular formula is C20H23BrN4O2. The zero-order valence-electron chi connectivity index (χ0n) is 15.9. The summed E-state index contributed by atoms with van der Waals surface area (Å²) in [6.45, 7) is 4.68. The number of para-hydroxylation sites is 1. The molecule has 2 N–H and O–H groups in total. The van der Waals surface area contributed by atoms with Gasteiger partial charge in [0.15, 0.2) is 0 Å². The summed E-state index contributed by atoms with van der Waals surface area (Å²) in [5.74, 6) is 1.27. The summed E-state index contributed by atoms with van der Waals surface area (Å²) in [7, 11) is 3.53. The molecule has 1 heterocycles. The number of nitrogens with zero attached hydrogens (tertiary/aromatic N) is 2. The smallest absolute Gasteiger partial charge is 0.253 e. The number of benzene rings is 2. The van der Waals surface area contributed by atoms with E-state index in [1.54, 1.807) is 7.11 Å². The molecule has 3 rings (SSSR count). The Morgan fingerprint density at radius 3 is 2.81 bits per heavy atom. The highest BCUT2D eigenvalue weighted by Gasteiger charge is 2.18. The molecule has 0 unspecified atom stereocenters. The molecule has 142 valence electrons. The van der Waals surface area contributed by atoms with Crippen molar-refractivity contribution in [2.24, 2.45) is 7.05 Å². The van der Waals surface area contributed by atoms with Crippen LogP contribution in [-0.2, 0) is 7.05 Å². The van der Waals surface area contributed by atoms with E-state index in [-0.39, 0.29) is 5.91 Å². The number of halogens is 1. The molecule has 2 aromatic carbocycles. The van der Waals surface area contributed by atoms with Crippen LogP contribution in [0, 0.1) is 6.92 Å². The monoisotopic (exact) mass is 430 g/mol. The molecule has 0 aliphatic heterocycles. The number of hydrogen-bond acceptors (Lipinski definition) is 4. The third kappa shape index (κ3) is 3.78. The Bertz CT molecular complexity index is 997. The number of carbonyl (C=O) groups is 1. The minimum atomic E-state index is -0.0885. The summed E-state index contributed by atoms with van der Waals surface area (Å²) in [6, 6.07) is 9.50. The Morgan fingerprint density at radius 1 is 1.33 bits per heavy atom. The summed E-state index contributed by atoms with van der Waals surface area (Å²) < 4.78 is 8.35. The molecule has 0 radical (unpaired) electrons. The first-order valence-electron chi connectivity index (χ1n) is 8.81. The lowest BCUT2D eigenvalue weighted by molar-refractivity contribution is 0.0955. The second kappa shape index (κ2) is 8.00. The van der Waals surface area contributed by atoms with Gasteiger partial charge in [0.25, 0.3) is 5.91 Å². The van der Waals surface area contributed by atoms with Crippen molar-refractivity contribution in [3.8, 4) is 5.75 Å². The fourth-order valence-corrected chi connectivity index (χ4v) is 3.59. The maximum atomic E-state index is 12.5. The molecule has 3 aromatic rings. The molecule has 0 saturated heterocycles. The highest BCUT2D eigenvalue weighted by atomic mass is 79.9. The Balaban J connectivity index is 2.05. The Morgan fingerprint density at radius 2 is 2.11 bits per heavy atom. The van der Waals surface area contributed by atoms with E-state index in [2.05, 4.69) is 31.5 Å². The van der Waals surface area contributed by atoms with E-state index in [0.29, 0.717) is 18.1 Å². The Hall–Kier alpha value is -2.54. The fourth-order valence-electron chi connectivity index (χ4n) is 3.04. The normalized spacial score (nSPS) is 10.9. The van der Waals surface area contributed by atoms with Gasteiger partial charge in [0, 0.05) is 18.1 Å². The first-order valence-corrected chi connectivity index (χ1v) is 9.60. The van der Waals surface area contributed by atoms with Crippen molar-refractivity contribution in [1.29, 1.82) is 0 Å². The molecule has 0 aliphatic rings. The van der Waals surface area contributed by atoms with Gasteiger partial charge in [0.1, 0.15) is 5.75 Å². The summed E-state index contributed by atoms with van der Waals surface area (Å²) in [5, 5.41) is 6.30. The number of rotatable bonds is 6. The largest absolute Gasteiger partial charge is 0.495 e. The van der Waals surface area contributed by atoms with E-state index in [1.165, 1.54) is 0 Å². The molecule has 0 spiro atoms. The predicted molar refractivity (Wildman–Crippen MR) is 112 cm³/mol. The second-order valence-corrected chi connectivity index (χ2v) is 7.26. The molecule has 0 atom stereocenters. The lowest BCUT2D eigenvalue weighted by Crippen LogP contribution is -2.24. The van der Waals surface area contributed by atoms with Gasteiger partial charge in [-0.2, -0.15) is 0 Å². The molecule has 6 nitrogen and oxygen atoms in total. The third-order valence-electron chi connectivity index (χ3n) is 4.40. The van der Waals surface area contributed by atoms with Crippen molar-refractivity contribution < 1.29 is 9.53 Å². The molecule has 0 saturated carbocycles. The highest BCUT2D eigenvalue weighted by molar-refractivity contribution is 9.10. The van der Waals surface area contributed by atoms with Crippen LogP contribution in [-0.4, -0.2) is 29.1 Å². The van der Waals surface area contributed by atoms with Crippen molar-refractivity contribution in [2.75, 3.05) is 19.0 Å². The van der Waals surface area contributed by atoms with Crippen molar-refractivity contribution in [3.63, 3.8) is 0 Å². The van der Waals surface area contributed by atoms with Crippen molar-refractivity contribution in [1.82, 2.24) is 14.9 Å². The van der Waals surface area contributed by atoms with Gasteiger partial charge in [-0.05, 0) is 43.2 Å². The predicted octanol–water partition coefficient (Wildman–Crippen LogP) is 4.54. The van der Waals surface area contributed by atoms with Gasteiger partial charge in [0.05, 0.1) is 29.4 Å². The standard InChI is InChI=1S/C20H23BrN4O2/c1-5-9-22-19(26)14-7-6-8-15-18(14)25(3)20(23-15)24-17-12(2)10-13(21)11-16(17)27-4/h6-8,10-11H,5,9H2,1-4H3,(H,22,26)(H,23,24). The van der Waals surface area contributed by atoms with Crippen LogP contribution in [0.5, 0.6) is 5.75 Å². The first kappa shape index (κ1) is 19.2. The van der Waals surface area contributed by atoms with Crippen molar-refractivity contribution in [2.45, 2.75) is 20.3 Å². The number of amides is 1. The number of methoxy groups -OCH3 is 1. The number of ether oxygens (including phenoxy) is 1. The van der Waals surface area contributed by atoms with Crippen molar-refractivity contribution in [3.05, 3.63) is 45.9 Å². The number of fused-ring (bicyclic) bond motifs is 1. The van der Waals surface area contributed by atoms with Gasteiger partial charge in [-0.1, -0.05) is 28.9 Å². The zero-order chi connectivity index (χ0) is 19.6. The number of nitrogens with one attached hydrogen (secondary N) is 2. The molecule has 0 fully saturated rings. The quantitative estimate of drug-likeness (QED) is 0.602. The molecule has 0 bridgehead atoms. The van der Waals surface area contributed by atoms with Crippen LogP contribution in [0.3, 0.4) is 0 Å². The van der Waals surface area contributed by atoms with Gasteiger partial charge >= 0.3 is 0 Å². The summed E-state index contributed by atoms with van der Waals surface area (Å²) in [4.78, 5) is 17.2. The highest BCUT2D eigenvalue weighted by Crippen LogP contribution is 2.35. The molecular weight excluding hydrogens is 408 g/mol. The van der Waals surface area contributed by atoms with E-state index in [9.17, 15) is 4.79 Å². The number of hydrogen-bond donors (Lipinski definition) is 2. The van der Waals surface area contributed by atoms with Crippen LogP contribution >= 0.6 is 15.9 Å². The fraction of sp³-hybridized carbons (Fsp3) is 0.300. The average molecular weight is 431 g/mol. The van der Waals surface area contributed by atoms with Gasteiger partial charge in [-0.15, -0.1) is 0 Å². The van der Waals surface area contributed by atoms with Gasteiger partial charge in [0.2, 0.25) is 5.95 Å². The van der Waals surface area contributed by atoms with Crippen LogP contribution in [0.25, 0.3) is 11.0 Å². The average Bonchev–Trinajstić information content (AvgIpc) is 2.97. The van der Waals surface area contributed by atoms with Crippen LogP contribution in [0.2, 0.25) is 0 Å². The van der Waals surface area contributed by atoms with E-state index in [0.717, 1.165) is 38.9 Å². The van der Waals surface area contributed by atoms with E-state index >= 15 is 0 Å². The maximum absolute atomic E-state index is 12.5. The van der Waals surface area contributed by atoms with Crippen LogP contribution < -0.4 is 15.4 Å². The van der Waals surface area contributed by atoms with Crippen molar-refractivity contribution >= 4 is 44.5 Å². The molecule has 1 amide bonds. The maximum Gasteiger partial charge on any atom is 0.253 e. The molecule has 7 heteroatoms. The van der Waals surface area contributed by atoms with Gasteiger partial charge < -0.3 is 19.9 Å². The minimum absolute atomic E-state index is 0.0885. The minimum Gasteiger partial charge on any atom is -0.495 e. The van der Waals surface area contributed by atoms with E-state index in [1.807, 2.05) is 55.8 Å². The molecule has 0 aliphatic carbocycles. The zero-order valence-corrected chi connectivity index (χ0v) is 17.5. The third-order valence-corrected chi connectivity index (χ3v) is 4.85. The summed E-state index contributed by atoms with van der Waals surface area (Å²) >= 11 is 3.49. The Kier molecular flexibility index (Phi) is 5.70. The molecule has 1 aromatic heterocycles. The SMILES string of the molecule is CCCNC(=O)c1cccc2nc(Nc3c(C)cc(Br)cc3OC)n(C)c12. The van der Waals surface area contributed by atoms with E-state index < -0.39 is 0 Å². The van der Waals surface area contributed by atoms with Gasteiger partial charge in [-0.25, -0.2) is 4.98 Å². The number of carbonyl (C=O) groups excluding carboxylic acids is 1.